The molecule has 0 bridgehead atoms. The van der Waals surface area contributed by atoms with E-state index in [4.69, 9.17) is 13.9 Å². The first kappa shape index (κ1) is 18.7. The number of amides is 2. The molecule has 0 unspecified atom stereocenters. The molecule has 1 saturated heterocycles. The Morgan fingerprint density at radius 3 is 2.70 bits per heavy atom. The number of carbonyl (C=O) groups is 2. The van der Waals surface area contributed by atoms with E-state index in [-0.39, 0.29) is 11.8 Å². The summed E-state index contributed by atoms with van der Waals surface area (Å²) in [6.45, 7) is 1.11. The number of methoxy groups -OCH3 is 1. The third-order valence-corrected chi connectivity index (χ3v) is 4.19. The smallest absolute Gasteiger partial charge is 0.268 e. The van der Waals surface area contributed by atoms with Gasteiger partial charge >= 0.3 is 0 Å². The summed E-state index contributed by atoms with van der Waals surface area (Å²) in [7, 11) is 1.55. The predicted octanol–water partition coefficient (Wildman–Crippen LogP) is 2.35. The first-order valence-corrected chi connectivity index (χ1v) is 8.76. The molecule has 0 radical (unpaired) electrons. The first-order valence-electron chi connectivity index (χ1n) is 8.76. The van der Waals surface area contributed by atoms with Gasteiger partial charge in [0.25, 0.3) is 11.8 Å². The van der Waals surface area contributed by atoms with Crippen molar-refractivity contribution >= 4 is 17.9 Å². The van der Waals surface area contributed by atoms with Crippen LogP contribution in [0.25, 0.3) is 6.08 Å². The zero-order valence-corrected chi connectivity index (χ0v) is 15.1. The van der Waals surface area contributed by atoms with Gasteiger partial charge in [-0.15, -0.1) is 0 Å². The largest absolute Gasteiger partial charge is 0.497 e. The number of hydrogen-bond acceptors (Lipinski definition) is 5. The molecule has 1 aromatic carbocycles. The van der Waals surface area contributed by atoms with Gasteiger partial charge in [-0.2, -0.15) is 0 Å². The minimum Gasteiger partial charge on any atom is -0.497 e. The number of hydrogen-bond donors (Lipinski definition) is 2. The van der Waals surface area contributed by atoms with Gasteiger partial charge in [-0.1, -0.05) is 0 Å². The van der Waals surface area contributed by atoms with Gasteiger partial charge < -0.3 is 24.5 Å². The third-order valence-electron chi connectivity index (χ3n) is 4.19. The quantitative estimate of drug-likeness (QED) is 0.730. The molecule has 2 N–H and O–H groups in total. The fourth-order valence-electron chi connectivity index (χ4n) is 2.72. The molecule has 1 aliphatic heterocycles. The molecule has 0 aliphatic carbocycles. The van der Waals surface area contributed by atoms with Gasteiger partial charge in [-0.05, 0) is 49.2 Å². The van der Waals surface area contributed by atoms with E-state index in [1.807, 2.05) is 0 Å². The topological polar surface area (TPSA) is 89.8 Å². The van der Waals surface area contributed by atoms with E-state index in [9.17, 15) is 9.59 Å². The van der Waals surface area contributed by atoms with Crippen molar-refractivity contribution in [3.63, 3.8) is 0 Å². The molecule has 7 heteroatoms. The van der Waals surface area contributed by atoms with Crippen molar-refractivity contribution in [2.45, 2.75) is 18.9 Å². The van der Waals surface area contributed by atoms with Crippen LogP contribution in [0.1, 0.15) is 29.0 Å². The maximum atomic E-state index is 12.6. The van der Waals surface area contributed by atoms with E-state index in [0.717, 1.165) is 12.8 Å². The lowest BCUT2D eigenvalue weighted by Crippen LogP contribution is -2.38. The Hall–Kier alpha value is -3.06. The summed E-state index contributed by atoms with van der Waals surface area (Å²) in [6, 6.07) is 10.0. The Labute approximate surface area is 157 Å². The van der Waals surface area contributed by atoms with E-state index in [1.54, 1.807) is 43.5 Å². The molecule has 7 nitrogen and oxygen atoms in total. The summed E-state index contributed by atoms with van der Waals surface area (Å²) in [4.78, 5) is 25.1. The summed E-state index contributed by atoms with van der Waals surface area (Å²) in [5, 5.41) is 5.46. The highest BCUT2D eigenvalue weighted by Crippen LogP contribution is 2.13. The van der Waals surface area contributed by atoms with E-state index in [0.29, 0.717) is 30.2 Å². The standard InChI is InChI=1S/C20H22N2O5/c1-25-15-8-6-14(7-9-15)19(23)22-18(12-16-4-2-10-26-16)20(24)21-13-17-5-3-11-27-17/h2,4,6-10,12,17H,3,5,11,13H2,1H3,(H,21,24)(H,22,23)/b18-12-/t17-/m1/s1. The third kappa shape index (κ3) is 5.21. The van der Waals surface area contributed by atoms with Crippen LogP contribution in [0.3, 0.4) is 0 Å². The SMILES string of the molecule is COc1ccc(C(=O)N/C(=C\c2ccco2)C(=O)NC[C@H]2CCCO2)cc1. The van der Waals surface area contributed by atoms with Crippen molar-refractivity contribution in [1.29, 1.82) is 0 Å². The van der Waals surface area contributed by atoms with Gasteiger partial charge in [0.2, 0.25) is 0 Å². The van der Waals surface area contributed by atoms with Crippen LogP contribution in [0, 0.1) is 0 Å². The molecule has 2 heterocycles. The zero-order valence-electron chi connectivity index (χ0n) is 15.1. The molecule has 1 fully saturated rings. The highest BCUT2D eigenvalue weighted by atomic mass is 16.5. The monoisotopic (exact) mass is 370 g/mol. The van der Waals surface area contributed by atoms with Gasteiger partial charge in [-0.25, -0.2) is 0 Å². The van der Waals surface area contributed by atoms with Crippen LogP contribution >= 0.6 is 0 Å². The van der Waals surface area contributed by atoms with Gasteiger partial charge in [0.05, 0.1) is 19.5 Å². The lowest BCUT2D eigenvalue weighted by Gasteiger charge is -2.13. The number of furan rings is 1. The molecule has 142 valence electrons. The Morgan fingerprint density at radius 2 is 2.07 bits per heavy atom. The molecule has 2 aromatic rings. The number of benzene rings is 1. The van der Waals surface area contributed by atoms with Crippen LogP contribution in [0.4, 0.5) is 0 Å². The van der Waals surface area contributed by atoms with Crippen LogP contribution in [-0.2, 0) is 9.53 Å². The second-order valence-corrected chi connectivity index (χ2v) is 6.10. The summed E-state index contributed by atoms with van der Waals surface area (Å²) in [6.07, 6.45) is 4.90. The molecular formula is C20H22N2O5. The predicted molar refractivity (Wildman–Crippen MR) is 99.1 cm³/mol. The number of rotatable bonds is 7. The molecule has 1 aliphatic rings. The Kier molecular flexibility index (Phi) is 6.27. The maximum Gasteiger partial charge on any atom is 0.268 e. The Balaban J connectivity index is 1.70. The van der Waals surface area contributed by atoms with Crippen LogP contribution in [0.15, 0.2) is 52.8 Å². The minimum atomic E-state index is -0.400. The normalized spacial score (nSPS) is 16.8. The highest BCUT2D eigenvalue weighted by Gasteiger charge is 2.19. The van der Waals surface area contributed by atoms with Crippen LogP contribution in [0.5, 0.6) is 5.75 Å². The number of ether oxygens (including phenoxy) is 2. The van der Waals surface area contributed by atoms with Crippen LogP contribution in [-0.4, -0.2) is 38.2 Å². The van der Waals surface area contributed by atoms with Crippen molar-refractivity contribution in [3.05, 3.63) is 59.7 Å². The summed E-state index contributed by atoms with van der Waals surface area (Å²) in [5.41, 5.74) is 0.511. The van der Waals surface area contributed by atoms with E-state index >= 15 is 0 Å². The van der Waals surface area contributed by atoms with Crippen molar-refractivity contribution < 1.29 is 23.5 Å². The van der Waals surface area contributed by atoms with Crippen molar-refractivity contribution in [3.8, 4) is 5.75 Å². The Morgan fingerprint density at radius 1 is 1.26 bits per heavy atom. The van der Waals surface area contributed by atoms with Crippen LogP contribution < -0.4 is 15.4 Å². The average molecular weight is 370 g/mol. The fourth-order valence-corrected chi connectivity index (χ4v) is 2.72. The lowest BCUT2D eigenvalue weighted by molar-refractivity contribution is -0.118. The maximum absolute atomic E-state index is 12.6. The van der Waals surface area contributed by atoms with Gasteiger partial charge in [0.1, 0.15) is 17.2 Å². The fraction of sp³-hybridized carbons (Fsp3) is 0.300. The number of carbonyl (C=O) groups excluding carboxylic acids is 2. The molecule has 3 rings (SSSR count). The average Bonchev–Trinajstić information content (AvgIpc) is 3.39. The van der Waals surface area contributed by atoms with Crippen molar-refractivity contribution in [1.82, 2.24) is 10.6 Å². The molecule has 2 amide bonds. The van der Waals surface area contributed by atoms with Crippen LogP contribution in [0.2, 0.25) is 0 Å². The van der Waals surface area contributed by atoms with Gasteiger partial charge in [0, 0.05) is 24.8 Å². The zero-order chi connectivity index (χ0) is 19.1. The van der Waals surface area contributed by atoms with E-state index in [2.05, 4.69) is 10.6 Å². The summed E-state index contributed by atoms with van der Waals surface area (Å²) in [5.74, 6) is 0.311. The number of nitrogens with one attached hydrogen (secondary N) is 2. The summed E-state index contributed by atoms with van der Waals surface area (Å²) >= 11 is 0. The molecule has 0 spiro atoms. The van der Waals surface area contributed by atoms with Gasteiger partial charge in [0.15, 0.2) is 0 Å². The first-order chi connectivity index (χ1) is 13.2. The van der Waals surface area contributed by atoms with Gasteiger partial charge in [-0.3, -0.25) is 9.59 Å². The van der Waals surface area contributed by atoms with E-state index < -0.39 is 11.8 Å². The molecule has 27 heavy (non-hydrogen) atoms. The van der Waals surface area contributed by atoms with E-state index in [1.165, 1.54) is 12.3 Å². The summed E-state index contributed by atoms with van der Waals surface area (Å²) < 4.78 is 15.9. The molecule has 1 aromatic heterocycles. The molecular weight excluding hydrogens is 348 g/mol. The molecule has 0 saturated carbocycles. The molecule has 1 atom stereocenters. The van der Waals surface area contributed by atoms with Crippen molar-refractivity contribution in [2.75, 3.05) is 20.3 Å². The van der Waals surface area contributed by atoms with Crippen molar-refractivity contribution in [2.24, 2.45) is 0 Å². The lowest BCUT2D eigenvalue weighted by atomic mass is 10.2. The highest BCUT2D eigenvalue weighted by molar-refractivity contribution is 6.05. The second-order valence-electron chi connectivity index (χ2n) is 6.10. The Bertz CT molecular complexity index is 790. The second kappa shape index (κ2) is 9.05. The minimum absolute atomic E-state index is 0.0103.